The highest BCUT2D eigenvalue weighted by Gasteiger charge is 2.20. The third-order valence-electron chi connectivity index (χ3n) is 3.63. The Labute approximate surface area is 159 Å². The Hall–Kier alpha value is -1.99. The molecule has 0 saturated carbocycles. The molecule has 2 aromatic carbocycles. The van der Waals surface area contributed by atoms with Gasteiger partial charge >= 0.3 is 5.69 Å². The van der Waals surface area contributed by atoms with Crippen LogP contribution in [-0.2, 0) is 0 Å². The maximum absolute atomic E-state index is 12.6. The number of carbonyl (C=O) groups excluding carboxylic acids is 1. The quantitative estimate of drug-likeness (QED) is 0.418. The Balaban J connectivity index is 1.72. The number of imidazole rings is 1. The standard InChI is InChI=1S/C16H8Cl3N3O2S/c17-6-3-8(18)12-11(4-6)25-14(13(12)19)15(23)20-7-1-2-9-10(5-7)22-16(24)21-9/h1-5H,(H,20,23)(H2,21,22,24). The van der Waals surface area contributed by atoms with Crippen LogP contribution in [0.15, 0.2) is 35.1 Å². The van der Waals surface area contributed by atoms with Gasteiger partial charge in [0.15, 0.2) is 0 Å². The van der Waals surface area contributed by atoms with Crippen molar-refractivity contribution in [2.24, 2.45) is 0 Å². The molecule has 9 heteroatoms. The highest BCUT2D eigenvalue weighted by Crippen LogP contribution is 2.41. The van der Waals surface area contributed by atoms with Gasteiger partial charge in [0.2, 0.25) is 0 Å². The summed E-state index contributed by atoms with van der Waals surface area (Å²) in [5, 5.41) is 4.54. The second-order valence-electron chi connectivity index (χ2n) is 5.30. The number of hydrogen-bond donors (Lipinski definition) is 3. The molecule has 4 aromatic rings. The highest BCUT2D eigenvalue weighted by atomic mass is 35.5. The molecule has 0 radical (unpaired) electrons. The summed E-state index contributed by atoms with van der Waals surface area (Å²) in [6.07, 6.45) is 0. The number of rotatable bonds is 2. The lowest BCUT2D eigenvalue weighted by atomic mass is 10.2. The van der Waals surface area contributed by atoms with Gasteiger partial charge in [-0.2, -0.15) is 0 Å². The van der Waals surface area contributed by atoms with Crippen LogP contribution in [0.2, 0.25) is 15.1 Å². The smallest absolute Gasteiger partial charge is 0.321 e. The van der Waals surface area contributed by atoms with Gasteiger partial charge in [-0.3, -0.25) is 4.79 Å². The summed E-state index contributed by atoms with van der Waals surface area (Å²) in [4.78, 5) is 29.5. The monoisotopic (exact) mass is 411 g/mol. The van der Waals surface area contributed by atoms with Gasteiger partial charge in [-0.1, -0.05) is 34.8 Å². The lowest BCUT2D eigenvalue weighted by molar-refractivity contribution is 0.103. The number of benzene rings is 2. The van der Waals surface area contributed by atoms with E-state index in [-0.39, 0.29) is 16.6 Å². The number of fused-ring (bicyclic) bond motifs is 2. The molecule has 0 fully saturated rings. The Bertz CT molecular complexity index is 1210. The molecular formula is C16H8Cl3N3O2S. The van der Waals surface area contributed by atoms with Crippen molar-refractivity contribution in [2.75, 3.05) is 5.32 Å². The fraction of sp³-hybridized carbons (Fsp3) is 0. The molecule has 2 heterocycles. The van der Waals surface area contributed by atoms with Crippen molar-refractivity contribution in [3.05, 3.63) is 60.8 Å². The molecule has 0 aliphatic rings. The number of aromatic nitrogens is 2. The van der Waals surface area contributed by atoms with Gasteiger partial charge < -0.3 is 15.3 Å². The van der Waals surface area contributed by atoms with Crippen LogP contribution in [0, 0.1) is 0 Å². The van der Waals surface area contributed by atoms with Crippen LogP contribution < -0.4 is 11.0 Å². The number of carbonyl (C=O) groups is 1. The molecule has 3 N–H and O–H groups in total. The van der Waals surface area contributed by atoms with Crippen LogP contribution in [0.4, 0.5) is 5.69 Å². The lowest BCUT2D eigenvalue weighted by Gasteiger charge is -2.04. The number of halogens is 3. The van der Waals surface area contributed by atoms with Gasteiger partial charge in [-0.15, -0.1) is 11.3 Å². The zero-order valence-electron chi connectivity index (χ0n) is 12.2. The van der Waals surface area contributed by atoms with Crippen LogP contribution >= 0.6 is 46.1 Å². The van der Waals surface area contributed by atoms with E-state index in [9.17, 15) is 9.59 Å². The van der Waals surface area contributed by atoms with Crippen LogP contribution in [-0.4, -0.2) is 15.9 Å². The first kappa shape index (κ1) is 16.5. The van der Waals surface area contributed by atoms with Crippen molar-refractivity contribution in [1.29, 1.82) is 0 Å². The van der Waals surface area contributed by atoms with Crippen LogP contribution in [0.5, 0.6) is 0 Å². The highest BCUT2D eigenvalue weighted by molar-refractivity contribution is 7.21. The van der Waals surface area contributed by atoms with E-state index in [4.69, 9.17) is 34.8 Å². The Kier molecular flexibility index (Phi) is 4.00. The first-order chi connectivity index (χ1) is 11.9. The van der Waals surface area contributed by atoms with Gasteiger partial charge in [-0.05, 0) is 30.3 Å². The average molecular weight is 413 g/mol. The van der Waals surface area contributed by atoms with Crippen molar-refractivity contribution in [1.82, 2.24) is 9.97 Å². The minimum atomic E-state index is -0.365. The van der Waals surface area contributed by atoms with E-state index >= 15 is 0 Å². The number of hydrogen-bond acceptors (Lipinski definition) is 3. The van der Waals surface area contributed by atoms with Crippen molar-refractivity contribution in [3.63, 3.8) is 0 Å². The summed E-state index contributed by atoms with van der Waals surface area (Å²) >= 11 is 19.7. The molecule has 0 aliphatic carbocycles. The van der Waals surface area contributed by atoms with Gasteiger partial charge in [0, 0.05) is 20.8 Å². The molecular weight excluding hydrogens is 405 g/mol. The van der Waals surface area contributed by atoms with Crippen molar-refractivity contribution in [2.45, 2.75) is 0 Å². The SMILES string of the molecule is O=C(Nc1ccc2[nH]c(=O)[nH]c2c1)c1sc2cc(Cl)cc(Cl)c2c1Cl. The number of aromatic amines is 2. The molecule has 0 saturated heterocycles. The van der Waals surface area contributed by atoms with Crippen molar-refractivity contribution in [3.8, 4) is 0 Å². The Morgan fingerprint density at radius 3 is 2.60 bits per heavy atom. The summed E-state index contributed by atoms with van der Waals surface area (Å²) in [6, 6.07) is 8.35. The molecule has 0 spiro atoms. The molecule has 0 atom stereocenters. The number of nitrogens with one attached hydrogen (secondary N) is 3. The molecule has 2 aromatic heterocycles. The number of H-pyrrole nitrogens is 2. The molecule has 0 bridgehead atoms. The predicted molar refractivity (Wildman–Crippen MR) is 104 cm³/mol. The number of amides is 1. The normalized spacial score (nSPS) is 11.3. The number of thiophene rings is 1. The van der Waals surface area contributed by atoms with Crippen LogP contribution in [0.25, 0.3) is 21.1 Å². The first-order valence-corrected chi connectivity index (χ1v) is 8.98. The zero-order chi connectivity index (χ0) is 17.7. The Morgan fingerprint density at radius 2 is 1.80 bits per heavy atom. The molecule has 126 valence electrons. The van der Waals surface area contributed by atoms with Crippen LogP contribution in [0.1, 0.15) is 9.67 Å². The van der Waals surface area contributed by atoms with Gasteiger partial charge in [0.25, 0.3) is 5.91 Å². The maximum atomic E-state index is 12.6. The van der Waals surface area contributed by atoms with Crippen molar-refractivity contribution < 1.29 is 4.79 Å². The molecule has 0 unspecified atom stereocenters. The summed E-state index contributed by atoms with van der Waals surface area (Å²) in [7, 11) is 0. The summed E-state index contributed by atoms with van der Waals surface area (Å²) in [6.45, 7) is 0. The maximum Gasteiger partial charge on any atom is 0.323 e. The Morgan fingerprint density at radius 1 is 1.04 bits per heavy atom. The van der Waals surface area contributed by atoms with Gasteiger partial charge in [0.1, 0.15) is 4.88 Å². The van der Waals surface area contributed by atoms with E-state index in [1.165, 1.54) is 11.3 Å². The molecule has 1 amide bonds. The second-order valence-corrected chi connectivity index (χ2v) is 7.57. The fourth-order valence-corrected chi connectivity index (χ4v) is 4.83. The molecule has 0 aliphatic heterocycles. The summed E-state index contributed by atoms with van der Waals surface area (Å²) in [5.74, 6) is -0.365. The first-order valence-electron chi connectivity index (χ1n) is 7.03. The zero-order valence-corrected chi connectivity index (χ0v) is 15.3. The molecule has 25 heavy (non-hydrogen) atoms. The van der Waals surface area contributed by atoms with Crippen molar-refractivity contribution >= 4 is 78.9 Å². The van der Waals surface area contributed by atoms with Gasteiger partial charge in [0.05, 0.1) is 21.1 Å². The lowest BCUT2D eigenvalue weighted by Crippen LogP contribution is -2.10. The summed E-state index contributed by atoms with van der Waals surface area (Å²) in [5.41, 5.74) is 1.48. The van der Waals surface area contributed by atoms with Crippen LogP contribution in [0.3, 0.4) is 0 Å². The third kappa shape index (κ3) is 2.91. The largest absolute Gasteiger partial charge is 0.323 e. The summed E-state index contributed by atoms with van der Waals surface area (Å²) < 4.78 is 0.734. The van der Waals surface area contributed by atoms with E-state index in [2.05, 4.69) is 15.3 Å². The average Bonchev–Trinajstić information content (AvgIpc) is 3.06. The predicted octanol–water partition coefficient (Wildman–Crippen LogP) is 5.28. The topological polar surface area (TPSA) is 77.8 Å². The van der Waals surface area contributed by atoms with E-state index in [1.54, 1.807) is 30.3 Å². The van der Waals surface area contributed by atoms with E-state index in [0.29, 0.717) is 37.0 Å². The van der Waals surface area contributed by atoms with E-state index < -0.39 is 0 Å². The third-order valence-corrected chi connectivity index (χ3v) is 5.77. The second kappa shape index (κ2) is 6.07. The molecule has 5 nitrogen and oxygen atoms in total. The fourth-order valence-electron chi connectivity index (χ4n) is 2.56. The van der Waals surface area contributed by atoms with E-state index in [1.807, 2.05) is 0 Å². The number of anilines is 1. The minimum Gasteiger partial charge on any atom is -0.321 e. The molecule has 4 rings (SSSR count). The van der Waals surface area contributed by atoms with Gasteiger partial charge in [-0.25, -0.2) is 4.79 Å². The van der Waals surface area contributed by atoms with E-state index in [0.717, 1.165) is 4.70 Å². The minimum absolute atomic E-state index is 0.287.